The minimum absolute atomic E-state index is 0.153. The Morgan fingerprint density at radius 2 is 1.82 bits per heavy atom. The average Bonchev–Trinajstić information content (AvgIpc) is 3.57. The number of piperazine rings is 1. The van der Waals surface area contributed by atoms with Gasteiger partial charge in [-0.2, -0.15) is 0 Å². The number of anilines is 1. The summed E-state index contributed by atoms with van der Waals surface area (Å²) in [5.74, 6) is -0.872. The third kappa shape index (κ3) is 3.17. The normalized spacial score (nSPS) is 20.7. The van der Waals surface area contributed by atoms with Gasteiger partial charge in [0.25, 0.3) is 0 Å². The molecule has 2 aliphatic carbocycles. The summed E-state index contributed by atoms with van der Waals surface area (Å²) < 4.78 is 16.8. The van der Waals surface area contributed by atoms with Gasteiger partial charge in [-0.15, -0.1) is 0 Å². The van der Waals surface area contributed by atoms with Crippen molar-refractivity contribution < 1.29 is 14.3 Å². The maximum Gasteiger partial charge on any atom is 0.341 e. The second kappa shape index (κ2) is 6.58. The predicted molar refractivity (Wildman–Crippen MR) is 105 cm³/mol. The lowest BCUT2D eigenvalue weighted by atomic mass is 10.1. The number of fused-ring (bicyclic) bond motifs is 1. The van der Waals surface area contributed by atoms with E-state index in [-0.39, 0.29) is 17.0 Å². The summed E-state index contributed by atoms with van der Waals surface area (Å²) >= 11 is 0. The summed E-state index contributed by atoms with van der Waals surface area (Å²) in [5.41, 5.74) is 0.240. The quantitative estimate of drug-likeness (QED) is 0.857. The third-order valence-corrected chi connectivity index (χ3v) is 6.20. The first-order valence-electron chi connectivity index (χ1n) is 10.1. The van der Waals surface area contributed by atoms with Crippen LogP contribution >= 0.6 is 0 Å². The van der Waals surface area contributed by atoms with E-state index in [4.69, 9.17) is 0 Å². The second-order valence-corrected chi connectivity index (χ2v) is 8.37. The Hall–Kier alpha value is -2.41. The lowest BCUT2D eigenvalue weighted by Crippen LogP contribution is -2.47. The molecule has 7 heteroatoms. The van der Waals surface area contributed by atoms with E-state index in [0.29, 0.717) is 11.2 Å². The molecule has 2 heterocycles. The van der Waals surface area contributed by atoms with Gasteiger partial charge < -0.3 is 14.6 Å². The Bertz CT molecular complexity index is 1000. The largest absolute Gasteiger partial charge is 0.477 e. The van der Waals surface area contributed by atoms with E-state index < -0.39 is 17.2 Å². The van der Waals surface area contributed by atoms with Crippen LogP contribution in [0.3, 0.4) is 0 Å². The third-order valence-electron chi connectivity index (χ3n) is 6.20. The molecular weight excluding hydrogens is 361 g/mol. The fourth-order valence-electron chi connectivity index (χ4n) is 4.25. The first-order valence-corrected chi connectivity index (χ1v) is 10.1. The SMILES string of the molecule is O=C(O)c1cn(C2CC2)c2cc(N3CCN(CC4CC4)CC3)c(F)cc2c1=O. The van der Waals surface area contributed by atoms with E-state index >= 15 is 0 Å². The Morgan fingerprint density at radius 1 is 1.11 bits per heavy atom. The number of carboxylic acids is 1. The molecule has 1 aromatic heterocycles. The van der Waals surface area contributed by atoms with Crippen molar-refractivity contribution in [1.82, 2.24) is 9.47 Å². The number of halogens is 1. The topological polar surface area (TPSA) is 65.8 Å². The molecule has 1 saturated heterocycles. The number of carboxylic acid groups (broad SMARTS) is 1. The van der Waals surface area contributed by atoms with E-state index in [9.17, 15) is 19.1 Å². The zero-order valence-corrected chi connectivity index (χ0v) is 15.7. The zero-order chi connectivity index (χ0) is 19.4. The van der Waals surface area contributed by atoms with Crippen LogP contribution in [0.15, 0.2) is 23.1 Å². The van der Waals surface area contributed by atoms with Gasteiger partial charge in [0, 0.05) is 50.3 Å². The molecule has 2 aromatic rings. The Kier molecular flexibility index (Phi) is 4.16. The van der Waals surface area contributed by atoms with Gasteiger partial charge in [-0.25, -0.2) is 9.18 Å². The summed E-state index contributed by atoms with van der Waals surface area (Å²) in [6, 6.07) is 3.16. The molecule has 0 unspecified atom stereocenters. The number of benzene rings is 1. The van der Waals surface area contributed by atoms with Crippen molar-refractivity contribution >= 4 is 22.6 Å². The van der Waals surface area contributed by atoms with Crippen molar-refractivity contribution in [3.63, 3.8) is 0 Å². The molecule has 5 rings (SSSR count). The molecule has 0 spiro atoms. The van der Waals surface area contributed by atoms with Crippen LogP contribution in [0.2, 0.25) is 0 Å². The first-order chi connectivity index (χ1) is 13.5. The highest BCUT2D eigenvalue weighted by Gasteiger charge is 2.29. The fraction of sp³-hybridized carbons (Fsp3) is 0.524. The highest BCUT2D eigenvalue weighted by molar-refractivity contribution is 5.93. The lowest BCUT2D eigenvalue weighted by molar-refractivity contribution is 0.0695. The molecule has 1 aromatic carbocycles. The summed E-state index contributed by atoms with van der Waals surface area (Å²) in [6.45, 7) is 4.50. The highest BCUT2D eigenvalue weighted by atomic mass is 19.1. The van der Waals surface area contributed by atoms with Crippen molar-refractivity contribution in [2.45, 2.75) is 31.7 Å². The van der Waals surface area contributed by atoms with E-state index in [1.807, 2.05) is 9.47 Å². The van der Waals surface area contributed by atoms with Gasteiger partial charge >= 0.3 is 5.97 Å². The molecule has 1 N–H and O–H groups in total. The van der Waals surface area contributed by atoms with E-state index in [2.05, 4.69) is 4.90 Å². The molecule has 0 radical (unpaired) electrons. The Morgan fingerprint density at radius 3 is 2.43 bits per heavy atom. The fourth-order valence-corrected chi connectivity index (χ4v) is 4.25. The van der Waals surface area contributed by atoms with E-state index in [1.165, 1.54) is 25.1 Å². The number of hydrogen-bond acceptors (Lipinski definition) is 4. The van der Waals surface area contributed by atoms with Gasteiger partial charge in [-0.05, 0) is 43.7 Å². The minimum atomic E-state index is -1.27. The summed E-state index contributed by atoms with van der Waals surface area (Å²) in [4.78, 5) is 28.5. The van der Waals surface area contributed by atoms with Gasteiger partial charge in [0.1, 0.15) is 11.4 Å². The summed E-state index contributed by atoms with van der Waals surface area (Å²) in [6.07, 6.45) is 5.99. The standard InChI is InChI=1S/C21H24FN3O3/c22-17-9-15-18(25(14-3-4-14)12-16(20(15)26)21(27)28)10-19(17)24-7-5-23(6-8-24)11-13-1-2-13/h9-10,12-14H,1-8,11H2,(H,27,28). The number of aromatic carboxylic acids is 1. The van der Waals surface area contributed by atoms with E-state index in [1.54, 1.807) is 6.07 Å². The number of pyridine rings is 1. The van der Waals surface area contributed by atoms with Crippen LogP contribution in [0.25, 0.3) is 10.9 Å². The van der Waals surface area contributed by atoms with Crippen LogP contribution in [0.1, 0.15) is 42.1 Å². The van der Waals surface area contributed by atoms with Crippen molar-refractivity contribution in [1.29, 1.82) is 0 Å². The Labute approximate surface area is 162 Å². The van der Waals surface area contributed by atoms with Crippen LogP contribution in [0.5, 0.6) is 0 Å². The van der Waals surface area contributed by atoms with Gasteiger partial charge in [0.2, 0.25) is 5.43 Å². The number of aromatic nitrogens is 1. The molecule has 6 nitrogen and oxygen atoms in total. The highest BCUT2D eigenvalue weighted by Crippen LogP contribution is 2.38. The molecule has 3 fully saturated rings. The molecule has 0 amide bonds. The smallest absolute Gasteiger partial charge is 0.341 e. The van der Waals surface area contributed by atoms with Crippen LogP contribution in [-0.4, -0.2) is 53.3 Å². The maximum atomic E-state index is 14.9. The number of carbonyl (C=O) groups is 1. The maximum absolute atomic E-state index is 14.9. The van der Waals surface area contributed by atoms with Crippen molar-refractivity contribution in [2.75, 3.05) is 37.6 Å². The average molecular weight is 385 g/mol. The van der Waals surface area contributed by atoms with Crippen molar-refractivity contribution in [3.8, 4) is 0 Å². The molecule has 28 heavy (non-hydrogen) atoms. The molecule has 148 valence electrons. The van der Waals surface area contributed by atoms with Crippen LogP contribution in [0, 0.1) is 11.7 Å². The van der Waals surface area contributed by atoms with Gasteiger partial charge in [-0.3, -0.25) is 9.69 Å². The summed E-state index contributed by atoms with van der Waals surface area (Å²) in [7, 11) is 0. The van der Waals surface area contributed by atoms with E-state index in [0.717, 1.165) is 51.5 Å². The van der Waals surface area contributed by atoms with Gasteiger partial charge in [0.05, 0.1) is 11.2 Å². The second-order valence-electron chi connectivity index (χ2n) is 8.37. The Balaban J connectivity index is 1.51. The van der Waals surface area contributed by atoms with Crippen LogP contribution in [0.4, 0.5) is 10.1 Å². The molecule has 0 atom stereocenters. The molecule has 0 bridgehead atoms. The van der Waals surface area contributed by atoms with Crippen LogP contribution < -0.4 is 10.3 Å². The van der Waals surface area contributed by atoms with Gasteiger partial charge in [0.15, 0.2) is 0 Å². The molecule has 3 aliphatic rings. The predicted octanol–water partition coefficient (Wildman–Crippen LogP) is 2.71. The number of rotatable bonds is 5. The lowest BCUT2D eigenvalue weighted by Gasteiger charge is -2.36. The first kappa shape index (κ1) is 17.7. The zero-order valence-electron chi connectivity index (χ0n) is 15.7. The minimum Gasteiger partial charge on any atom is -0.477 e. The van der Waals surface area contributed by atoms with Gasteiger partial charge in [-0.1, -0.05) is 0 Å². The summed E-state index contributed by atoms with van der Waals surface area (Å²) in [5, 5.41) is 9.50. The van der Waals surface area contributed by atoms with Crippen molar-refractivity contribution in [3.05, 3.63) is 39.9 Å². The van der Waals surface area contributed by atoms with Crippen molar-refractivity contribution in [2.24, 2.45) is 5.92 Å². The number of hydrogen-bond donors (Lipinski definition) is 1. The van der Waals surface area contributed by atoms with Crippen LogP contribution in [-0.2, 0) is 0 Å². The molecule has 1 aliphatic heterocycles. The number of nitrogens with zero attached hydrogens (tertiary/aromatic N) is 3. The molecular formula is C21H24FN3O3. The molecule has 2 saturated carbocycles. The monoisotopic (exact) mass is 385 g/mol.